The molecule has 2 aromatic rings. The van der Waals surface area contributed by atoms with Crippen LogP contribution in [0.4, 0.5) is 0 Å². The van der Waals surface area contributed by atoms with Crippen LogP contribution in [0, 0.1) is 6.92 Å². The molecule has 4 nitrogen and oxygen atoms in total. The molecule has 0 aromatic heterocycles. The first-order valence-electron chi connectivity index (χ1n) is 7.46. The lowest BCUT2D eigenvalue weighted by Crippen LogP contribution is -2.10. The van der Waals surface area contributed by atoms with Crippen molar-refractivity contribution < 1.29 is 17.3 Å². The van der Waals surface area contributed by atoms with Crippen molar-refractivity contribution in [1.82, 2.24) is 0 Å². The Bertz CT molecular complexity index is 819. The number of benzene rings is 2. The Morgan fingerprint density at radius 3 is 2.42 bits per heavy atom. The maximum absolute atomic E-state index is 12.4. The molecule has 24 heavy (non-hydrogen) atoms. The van der Waals surface area contributed by atoms with E-state index in [1.165, 1.54) is 24.3 Å². The second-order valence-corrected chi connectivity index (χ2v) is 7.60. The number of ether oxygens (including phenoxy) is 1. The first kappa shape index (κ1) is 18.9. The van der Waals surface area contributed by atoms with Gasteiger partial charge in [0.1, 0.15) is 16.4 Å². The third kappa shape index (κ3) is 4.79. The summed E-state index contributed by atoms with van der Waals surface area (Å²) in [5.41, 5.74) is 0.726. The van der Waals surface area contributed by atoms with Crippen LogP contribution in [-0.4, -0.2) is 15.0 Å². The monoisotopic (exact) mass is 388 g/mol. The fraction of sp³-hybridized carbons (Fsp3) is 0.294. The third-order valence-corrected chi connectivity index (χ3v) is 5.26. The summed E-state index contributed by atoms with van der Waals surface area (Å²) in [5.74, 6) is 0.516. The normalized spacial score (nSPS) is 11.3. The quantitative estimate of drug-likeness (QED) is 0.480. The smallest absolute Gasteiger partial charge is 0.339 e. The van der Waals surface area contributed by atoms with Crippen molar-refractivity contribution in [2.24, 2.45) is 0 Å². The number of hydrogen-bond acceptors (Lipinski definition) is 4. The number of aryl methyl sites for hydroxylation is 1. The molecule has 0 aliphatic rings. The first-order chi connectivity index (χ1) is 11.3. The topological polar surface area (TPSA) is 52.6 Å². The number of halogens is 2. The van der Waals surface area contributed by atoms with E-state index >= 15 is 0 Å². The second-order valence-electron chi connectivity index (χ2n) is 5.24. The van der Waals surface area contributed by atoms with Crippen LogP contribution in [0.25, 0.3) is 0 Å². The van der Waals surface area contributed by atoms with E-state index in [2.05, 4.69) is 0 Å². The van der Waals surface area contributed by atoms with Gasteiger partial charge in [0.25, 0.3) is 0 Å². The van der Waals surface area contributed by atoms with Crippen LogP contribution in [0.2, 0.25) is 10.0 Å². The van der Waals surface area contributed by atoms with Crippen molar-refractivity contribution in [3.63, 3.8) is 0 Å². The number of hydrogen-bond donors (Lipinski definition) is 0. The van der Waals surface area contributed by atoms with Gasteiger partial charge in [-0.2, -0.15) is 8.42 Å². The molecule has 0 atom stereocenters. The number of unbranched alkanes of at least 4 members (excludes halogenated alkanes) is 1. The standard InChI is InChI=1S/C17H18Cl2O4S/c1-3-4-9-22-17-11-14(6-8-16(17)19)24(20,21)23-13-5-7-15(18)12(2)10-13/h5-8,10-11H,3-4,9H2,1-2H3. The van der Waals surface area contributed by atoms with Crippen molar-refractivity contribution in [3.8, 4) is 11.5 Å². The Morgan fingerprint density at radius 1 is 1.04 bits per heavy atom. The molecule has 0 radical (unpaired) electrons. The van der Waals surface area contributed by atoms with Crippen LogP contribution in [0.1, 0.15) is 25.3 Å². The second kappa shape index (κ2) is 8.10. The minimum Gasteiger partial charge on any atom is -0.492 e. The van der Waals surface area contributed by atoms with Crippen molar-refractivity contribution in [2.45, 2.75) is 31.6 Å². The highest BCUT2D eigenvalue weighted by Crippen LogP contribution is 2.30. The molecule has 0 saturated heterocycles. The summed E-state index contributed by atoms with van der Waals surface area (Å²) >= 11 is 12.0. The van der Waals surface area contributed by atoms with Crippen LogP contribution in [0.5, 0.6) is 11.5 Å². The molecule has 0 unspecified atom stereocenters. The molecule has 0 fully saturated rings. The van der Waals surface area contributed by atoms with Crippen LogP contribution < -0.4 is 8.92 Å². The van der Waals surface area contributed by atoms with E-state index in [-0.39, 0.29) is 10.6 Å². The largest absolute Gasteiger partial charge is 0.492 e. The molecule has 0 bridgehead atoms. The SMILES string of the molecule is CCCCOc1cc(S(=O)(=O)Oc2ccc(Cl)c(C)c2)ccc1Cl. The van der Waals surface area contributed by atoms with Gasteiger partial charge in [-0.3, -0.25) is 0 Å². The maximum atomic E-state index is 12.4. The van der Waals surface area contributed by atoms with Gasteiger partial charge in [-0.15, -0.1) is 0 Å². The molecule has 0 saturated carbocycles. The molecule has 0 heterocycles. The van der Waals surface area contributed by atoms with Gasteiger partial charge in [0.15, 0.2) is 0 Å². The molecular weight excluding hydrogens is 371 g/mol. The Kier molecular flexibility index (Phi) is 6.38. The predicted octanol–water partition coefficient (Wildman–Crippen LogP) is 5.25. The predicted molar refractivity (Wildman–Crippen MR) is 95.9 cm³/mol. The summed E-state index contributed by atoms with van der Waals surface area (Å²) in [7, 11) is -3.99. The summed E-state index contributed by atoms with van der Waals surface area (Å²) in [5, 5.41) is 0.894. The van der Waals surface area contributed by atoms with Crippen molar-refractivity contribution in [1.29, 1.82) is 0 Å². The van der Waals surface area contributed by atoms with Crippen LogP contribution in [0.15, 0.2) is 41.3 Å². The average Bonchev–Trinajstić information content (AvgIpc) is 2.52. The molecule has 0 N–H and O–H groups in total. The van der Waals surface area contributed by atoms with Gasteiger partial charge in [0.2, 0.25) is 0 Å². The Labute approximate surface area is 152 Å². The highest BCUT2D eigenvalue weighted by Gasteiger charge is 2.19. The van der Waals surface area contributed by atoms with E-state index < -0.39 is 10.1 Å². The lowest BCUT2D eigenvalue weighted by Gasteiger charge is -2.11. The van der Waals surface area contributed by atoms with E-state index in [1.54, 1.807) is 19.1 Å². The zero-order valence-corrected chi connectivity index (χ0v) is 15.7. The van der Waals surface area contributed by atoms with Gasteiger partial charge < -0.3 is 8.92 Å². The van der Waals surface area contributed by atoms with Gasteiger partial charge in [0, 0.05) is 11.1 Å². The highest BCUT2D eigenvalue weighted by molar-refractivity contribution is 7.87. The fourth-order valence-corrected chi connectivity index (χ4v) is 3.15. The first-order valence-corrected chi connectivity index (χ1v) is 9.63. The number of rotatable bonds is 7. The van der Waals surface area contributed by atoms with E-state index in [4.69, 9.17) is 32.1 Å². The zero-order valence-electron chi connectivity index (χ0n) is 13.4. The minimum absolute atomic E-state index is 0.0222. The van der Waals surface area contributed by atoms with Gasteiger partial charge in [0.05, 0.1) is 11.6 Å². The van der Waals surface area contributed by atoms with Crippen molar-refractivity contribution in [2.75, 3.05) is 6.61 Å². The van der Waals surface area contributed by atoms with Gasteiger partial charge in [-0.25, -0.2) is 0 Å². The molecule has 7 heteroatoms. The van der Waals surface area contributed by atoms with E-state index in [9.17, 15) is 8.42 Å². The molecule has 0 aliphatic heterocycles. The van der Waals surface area contributed by atoms with Gasteiger partial charge in [-0.1, -0.05) is 36.5 Å². The lowest BCUT2D eigenvalue weighted by molar-refractivity contribution is 0.308. The molecule has 0 aliphatic carbocycles. The van der Waals surface area contributed by atoms with Gasteiger partial charge in [-0.05, 0) is 49.2 Å². The summed E-state index contributed by atoms with van der Waals surface area (Å²) in [6.07, 6.45) is 1.82. The Morgan fingerprint density at radius 2 is 1.75 bits per heavy atom. The van der Waals surface area contributed by atoms with Gasteiger partial charge >= 0.3 is 10.1 Å². The summed E-state index contributed by atoms with van der Waals surface area (Å²) in [6.45, 7) is 4.27. The molecule has 2 aromatic carbocycles. The van der Waals surface area contributed by atoms with Crippen molar-refractivity contribution >= 4 is 33.3 Å². The van der Waals surface area contributed by atoms with Crippen LogP contribution in [-0.2, 0) is 10.1 Å². The van der Waals surface area contributed by atoms with Crippen LogP contribution in [0.3, 0.4) is 0 Å². The average molecular weight is 389 g/mol. The maximum Gasteiger partial charge on any atom is 0.339 e. The highest BCUT2D eigenvalue weighted by atomic mass is 35.5. The van der Waals surface area contributed by atoms with Crippen LogP contribution >= 0.6 is 23.2 Å². The minimum atomic E-state index is -3.99. The summed E-state index contributed by atoms with van der Waals surface area (Å²) in [4.78, 5) is -0.0222. The Hall–Kier alpha value is -1.43. The molecule has 0 amide bonds. The van der Waals surface area contributed by atoms with E-state index in [1.807, 2.05) is 6.92 Å². The van der Waals surface area contributed by atoms with E-state index in [0.29, 0.717) is 22.4 Å². The summed E-state index contributed by atoms with van der Waals surface area (Å²) < 4.78 is 35.6. The van der Waals surface area contributed by atoms with E-state index in [0.717, 1.165) is 18.4 Å². The lowest BCUT2D eigenvalue weighted by atomic mass is 10.2. The molecule has 0 spiro atoms. The molecular formula is C17H18Cl2O4S. The van der Waals surface area contributed by atoms with Crippen molar-refractivity contribution in [3.05, 3.63) is 52.0 Å². The summed E-state index contributed by atoms with van der Waals surface area (Å²) in [6, 6.07) is 8.88. The fourth-order valence-electron chi connectivity index (χ4n) is 1.92. The molecule has 130 valence electrons. The zero-order chi connectivity index (χ0) is 17.7. The third-order valence-electron chi connectivity index (χ3n) is 3.28. The Balaban J connectivity index is 2.24. The molecule has 2 rings (SSSR count).